The largest absolute Gasteiger partial charge is 0.508 e. The Bertz CT molecular complexity index is 479. The van der Waals surface area contributed by atoms with Crippen LogP contribution < -0.4 is 5.32 Å². The van der Waals surface area contributed by atoms with E-state index in [9.17, 15) is 9.90 Å². The molecule has 1 amide bonds. The first-order valence-corrected chi connectivity index (χ1v) is 7.33. The first-order valence-electron chi connectivity index (χ1n) is 7.33. The zero-order chi connectivity index (χ0) is 14.7. The summed E-state index contributed by atoms with van der Waals surface area (Å²) < 4.78 is 0. The molecular weight excluding hydrogens is 252 g/mol. The highest BCUT2D eigenvalue weighted by molar-refractivity contribution is 5.96. The molecule has 2 N–H and O–H groups in total. The minimum atomic E-state index is -0.113. The van der Waals surface area contributed by atoms with Crippen LogP contribution in [0, 0.1) is 6.92 Å². The van der Waals surface area contributed by atoms with Crippen molar-refractivity contribution < 1.29 is 9.90 Å². The molecule has 0 spiro atoms. The number of benzene rings is 1. The number of nitrogens with one attached hydrogen (secondary N) is 1. The van der Waals surface area contributed by atoms with E-state index in [1.807, 2.05) is 0 Å². The lowest BCUT2D eigenvalue weighted by molar-refractivity contribution is 0.0943. The molecular formula is C16H24N2O2. The van der Waals surface area contributed by atoms with E-state index in [4.69, 9.17) is 0 Å². The Morgan fingerprint density at radius 1 is 1.45 bits per heavy atom. The van der Waals surface area contributed by atoms with Crippen molar-refractivity contribution in [3.05, 3.63) is 29.3 Å². The number of hydrogen-bond acceptors (Lipinski definition) is 3. The standard InChI is InChI=1S/C16H24N2O2/c1-11(2)18(13-7-8-13)10-9-17-16(20)14-5-4-6-15(19)12(14)3/h4-6,11,13,19H,7-10H2,1-3H3,(H,17,20). The zero-order valence-electron chi connectivity index (χ0n) is 12.5. The summed E-state index contributed by atoms with van der Waals surface area (Å²) in [5.41, 5.74) is 1.18. The van der Waals surface area contributed by atoms with Gasteiger partial charge in [0.15, 0.2) is 0 Å². The monoisotopic (exact) mass is 276 g/mol. The van der Waals surface area contributed by atoms with Crippen LogP contribution >= 0.6 is 0 Å². The van der Waals surface area contributed by atoms with Crippen molar-refractivity contribution in [2.45, 2.75) is 45.7 Å². The van der Waals surface area contributed by atoms with Gasteiger partial charge in [0.2, 0.25) is 0 Å². The van der Waals surface area contributed by atoms with Crippen molar-refractivity contribution in [3.63, 3.8) is 0 Å². The maximum absolute atomic E-state index is 12.1. The van der Waals surface area contributed by atoms with Crippen LogP contribution in [0.1, 0.15) is 42.6 Å². The van der Waals surface area contributed by atoms with E-state index in [2.05, 4.69) is 24.1 Å². The van der Waals surface area contributed by atoms with Gasteiger partial charge < -0.3 is 10.4 Å². The predicted molar refractivity (Wildman–Crippen MR) is 80.0 cm³/mol. The van der Waals surface area contributed by atoms with Crippen molar-refractivity contribution >= 4 is 5.91 Å². The van der Waals surface area contributed by atoms with Crippen molar-refractivity contribution in [3.8, 4) is 5.75 Å². The van der Waals surface area contributed by atoms with Gasteiger partial charge in [0.1, 0.15) is 5.75 Å². The topological polar surface area (TPSA) is 52.6 Å². The third-order valence-electron chi connectivity index (χ3n) is 3.88. The summed E-state index contributed by atoms with van der Waals surface area (Å²) in [6.07, 6.45) is 2.55. The quantitative estimate of drug-likeness (QED) is 0.838. The summed E-state index contributed by atoms with van der Waals surface area (Å²) in [6, 6.07) is 6.25. The van der Waals surface area contributed by atoms with Gasteiger partial charge in [-0.3, -0.25) is 9.69 Å². The van der Waals surface area contributed by atoms with Crippen molar-refractivity contribution in [1.29, 1.82) is 0 Å². The van der Waals surface area contributed by atoms with Crippen LogP contribution in [0.3, 0.4) is 0 Å². The summed E-state index contributed by atoms with van der Waals surface area (Å²) in [5, 5.41) is 12.6. The molecule has 4 nitrogen and oxygen atoms in total. The van der Waals surface area contributed by atoms with Crippen LogP contribution in [0.4, 0.5) is 0 Å². The highest BCUT2D eigenvalue weighted by atomic mass is 16.3. The van der Waals surface area contributed by atoms with E-state index in [0.29, 0.717) is 29.8 Å². The minimum absolute atomic E-state index is 0.113. The molecule has 1 aliphatic rings. The Labute approximate surface area is 120 Å². The molecule has 0 aliphatic heterocycles. The molecule has 0 unspecified atom stereocenters. The Balaban J connectivity index is 1.87. The first kappa shape index (κ1) is 14.9. The van der Waals surface area contributed by atoms with Gasteiger partial charge in [-0.1, -0.05) is 6.07 Å². The second kappa shape index (κ2) is 6.27. The molecule has 1 aliphatic carbocycles. The minimum Gasteiger partial charge on any atom is -0.508 e. The van der Waals surface area contributed by atoms with Crippen molar-refractivity contribution in [2.24, 2.45) is 0 Å². The second-order valence-electron chi connectivity index (χ2n) is 5.77. The molecule has 0 saturated heterocycles. The number of nitrogens with zero attached hydrogens (tertiary/aromatic N) is 1. The highest BCUT2D eigenvalue weighted by Gasteiger charge is 2.30. The number of aromatic hydroxyl groups is 1. The SMILES string of the molecule is Cc1c(O)cccc1C(=O)NCCN(C(C)C)C1CC1. The number of carbonyl (C=O) groups excluding carboxylic acids is 1. The molecule has 0 radical (unpaired) electrons. The van der Waals surface area contributed by atoms with E-state index >= 15 is 0 Å². The lowest BCUT2D eigenvalue weighted by Gasteiger charge is -2.26. The molecule has 0 heterocycles. The lowest BCUT2D eigenvalue weighted by atomic mass is 10.1. The normalized spacial score (nSPS) is 14.8. The molecule has 1 fully saturated rings. The van der Waals surface area contributed by atoms with E-state index in [1.54, 1.807) is 25.1 Å². The van der Waals surface area contributed by atoms with Crippen LogP contribution in [0.2, 0.25) is 0 Å². The zero-order valence-corrected chi connectivity index (χ0v) is 12.5. The molecule has 0 bridgehead atoms. The van der Waals surface area contributed by atoms with Gasteiger partial charge in [0, 0.05) is 36.3 Å². The molecule has 4 heteroatoms. The van der Waals surface area contributed by atoms with Gasteiger partial charge in [0.25, 0.3) is 5.91 Å². The van der Waals surface area contributed by atoms with E-state index in [-0.39, 0.29) is 11.7 Å². The van der Waals surface area contributed by atoms with Crippen molar-refractivity contribution in [2.75, 3.05) is 13.1 Å². The van der Waals surface area contributed by atoms with Crippen molar-refractivity contribution in [1.82, 2.24) is 10.2 Å². The number of hydrogen-bond donors (Lipinski definition) is 2. The lowest BCUT2D eigenvalue weighted by Crippen LogP contribution is -2.40. The molecule has 110 valence electrons. The number of phenolic OH excluding ortho intramolecular Hbond substituents is 1. The van der Waals surface area contributed by atoms with Gasteiger partial charge in [-0.05, 0) is 45.7 Å². The van der Waals surface area contributed by atoms with Gasteiger partial charge >= 0.3 is 0 Å². The van der Waals surface area contributed by atoms with Crippen LogP contribution in [0.15, 0.2) is 18.2 Å². The fourth-order valence-electron chi connectivity index (χ4n) is 2.53. The van der Waals surface area contributed by atoms with Crippen LogP contribution in [0.25, 0.3) is 0 Å². The number of phenols is 1. The Morgan fingerprint density at radius 2 is 2.15 bits per heavy atom. The summed E-state index contributed by atoms with van der Waals surface area (Å²) in [4.78, 5) is 14.6. The Morgan fingerprint density at radius 3 is 2.75 bits per heavy atom. The van der Waals surface area contributed by atoms with E-state index < -0.39 is 0 Å². The Hall–Kier alpha value is -1.55. The van der Waals surface area contributed by atoms with Gasteiger partial charge in [0.05, 0.1) is 0 Å². The van der Waals surface area contributed by atoms with E-state index in [0.717, 1.165) is 6.54 Å². The van der Waals surface area contributed by atoms with Crippen LogP contribution in [-0.4, -0.2) is 41.1 Å². The van der Waals surface area contributed by atoms with E-state index in [1.165, 1.54) is 12.8 Å². The molecule has 2 rings (SSSR count). The molecule has 20 heavy (non-hydrogen) atoms. The van der Waals surface area contributed by atoms with Crippen LogP contribution in [0.5, 0.6) is 5.75 Å². The number of carbonyl (C=O) groups is 1. The Kier molecular flexibility index (Phi) is 4.65. The fourth-order valence-corrected chi connectivity index (χ4v) is 2.53. The maximum atomic E-state index is 12.1. The molecule has 1 aromatic rings. The molecule has 1 saturated carbocycles. The molecule has 0 aromatic heterocycles. The van der Waals surface area contributed by atoms with Gasteiger partial charge in [-0.25, -0.2) is 0 Å². The summed E-state index contributed by atoms with van der Waals surface area (Å²) in [6.45, 7) is 7.67. The predicted octanol–water partition coefficient (Wildman–Crippen LogP) is 2.30. The second-order valence-corrected chi connectivity index (χ2v) is 5.77. The van der Waals surface area contributed by atoms with Gasteiger partial charge in [-0.2, -0.15) is 0 Å². The summed E-state index contributed by atoms with van der Waals surface area (Å²) in [5.74, 6) is 0.0531. The fraction of sp³-hybridized carbons (Fsp3) is 0.562. The average Bonchev–Trinajstić information content (AvgIpc) is 3.21. The average molecular weight is 276 g/mol. The van der Waals surface area contributed by atoms with Gasteiger partial charge in [-0.15, -0.1) is 0 Å². The highest BCUT2D eigenvalue weighted by Crippen LogP contribution is 2.28. The maximum Gasteiger partial charge on any atom is 0.251 e. The summed E-state index contributed by atoms with van der Waals surface area (Å²) in [7, 11) is 0. The third kappa shape index (κ3) is 3.51. The third-order valence-corrected chi connectivity index (χ3v) is 3.88. The molecule has 1 aromatic carbocycles. The first-order chi connectivity index (χ1) is 9.50. The summed E-state index contributed by atoms with van der Waals surface area (Å²) >= 11 is 0. The number of amides is 1. The number of rotatable bonds is 6. The van der Waals surface area contributed by atoms with Crippen LogP contribution in [-0.2, 0) is 0 Å². The molecule has 0 atom stereocenters. The smallest absolute Gasteiger partial charge is 0.251 e.